The minimum Gasteiger partial charge on any atom is -0.295 e. The summed E-state index contributed by atoms with van der Waals surface area (Å²) in [5.74, 6) is 5.82. The fourth-order valence-corrected chi connectivity index (χ4v) is 11.3. The second-order valence-corrected chi connectivity index (χ2v) is 12.5. The van der Waals surface area contributed by atoms with Gasteiger partial charge in [-0.05, 0) is 79.6 Å². The highest BCUT2D eigenvalue weighted by atomic mass is 32.2. The van der Waals surface area contributed by atoms with E-state index >= 15 is 0 Å². The third-order valence-corrected chi connectivity index (χ3v) is 12.8. The van der Waals surface area contributed by atoms with Crippen molar-refractivity contribution >= 4 is 29.3 Å². The summed E-state index contributed by atoms with van der Waals surface area (Å²) in [6.07, 6.45) is 12.3. The van der Waals surface area contributed by atoms with Gasteiger partial charge >= 0.3 is 0 Å². The third-order valence-electron chi connectivity index (χ3n) is 8.76. The molecular formula is C21H30OS2. The predicted molar refractivity (Wildman–Crippen MR) is 104 cm³/mol. The van der Waals surface area contributed by atoms with Gasteiger partial charge in [-0.15, -0.1) is 23.5 Å². The quantitative estimate of drug-likeness (QED) is 0.550. The van der Waals surface area contributed by atoms with Crippen molar-refractivity contribution in [2.45, 2.75) is 69.3 Å². The molecule has 1 aliphatic heterocycles. The lowest BCUT2D eigenvalue weighted by Gasteiger charge is -2.59. The first-order valence-electron chi connectivity index (χ1n) is 10.0. The zero-order chi connectivity index (χ0) is 16.6. The van der Waals surface area contributed by atoms with Crippen molar-refractivity contribution in [3.8, 4) is 0 Å². The molecule has 1 saturated heterocycles. The van der Waals surface area contributed by atoms with Gasteiger partial charge in [-0.2, -0.15) is 0 Å². The fraction of sp³-hybridized carbons (Fsp3) is 0.857. The highest BCUT2D eigenvalue weighted by Gasteiger charge is 2.65. The summed E-state index contributed by atoms with van der Waals surface area (Å²) in [6.45, 7) is 5.17. The Morgan fingerprint density at radius 2 is 1.71 bits per heavy atom. The summed E-state index contributed by atoms with van der Waals surface area (Å²) >= 11 is 4.61. The first-order valence-corrected chi connectivity index (χ1v) is 12.0. The molecule has 0 aromatic carbocycles. The van der Waals surface area contributed by atoms with Crippen LogP contribution in [0.4, 0.5) is 0 Å². The van der Waals surface area contributed by atoms with E-state index in [-0.39, 0.29) is 0 Å². The molecule has 5 aliphatic rings. The molecule has 1 nitrogen and oxygen atoms in total. The molecule has 0 radical (unpaired) electrons. The summed E-state index contributed by atoms with van der Waals surface area (Å²) in [4.78, 5) is 11.9. The molecular weight excluding hydrogens is 332 g/mol. The summed E-state index contributed by atoms with van der Waals surface area (Å²) in [6, 6.07) is 0. The summed E-state index contributed by atoms with van der Waals surface area (Å²) in [7, 11) is 0. The normalized spacial score (nSPS) is 49.5. The maximum atomic E-state index is 11.9. The van der Waals surface area contributed by atoms with Crippen molar-refractivity contribution in [2.24, 2.45) is 28.6 Å². The van der Waals surface area contributed by atoms with Crippen LogP contribution in [0, 0.1) is 28.6 Å². The number of carbonyl (C=O) groups is 1. The summed E-state index contributed by atoms with van der Waals surface area (Å²) in [5.41, 5.74) is 2.41. The predicted octanol–water partition coefficient (Wildman–Crippen LogP) is 5.69. The lowest BCUT2D eigenvalue weighted by molar-refractivity contribution is -0.117. The Morgan fingerprint density at radius 3 is 2.50 bits per heavy atom. The van der Waals surface area contributed by atoms with E-state index in [1.54, 1.807) is 0 Å². The number of ketones is 1. The van der Waals surface area contributed by atoms with Gasteiger partial charge in [0, 0.05) is 17.9 Å². The van der Waals surface area contributed by atoms with E-state index in [4.69, 9.17) is 0 Å². The topological polar surface area (TPSA) is 17.1 Å². The van der Waals surface area contributed by atoms with Gasteiger partial charge in [-0.3, -0.25) is 4.79 Å². The van der Waals surface area contributed by atoms with E-state index in [0.717, 1.165) is 30.6 Å². The van der Waals surface area contributed by atoms with Crippen molar-refractivity contribution in [3.05, 3.63) is 11.6 Å². The Labute approximate surface area is 155 Å². The van der Waals surface area contributed by atoms with Crippen LogP contribution in [0.1, 0.15) is 65.2 Å². The van der Waals surface area contributed by atoms with E-state index in [1.807, 2.05) is 6.08 Å². The molecule has 0 bridgehead atoms. The number of hydrogen-bond donors (Lipinski definition) is 0. The number of allylic oxidation sites excluding steroid dienone is 1. The number of rotatable bonds is 0. The standard InChI is InChI=1S/C21H30OS2/c1-19-8-5-15(22)13-14(19)3-4-16-17(19)6-9-20(2)18(16)7-10-21(20)23-11-12-24-21/h13,16-18H,3-12H2,1-2H3/t16-,17+,18+,19+,20+/m1/s1. The van der Waals surface area contributed by atoms with Gasteiger partial charge < -0.3 is 0 Å². The van der Waals surface area contributed by atoms with Crippen LogP contribution in [0.2, 0.25) is 0 Å². The maximum Gasteiger partial charge on any atom is 0.155 e. The molecule has 5 rings (SSSR count). The maximum absolute atomic E-state index is 11.9. The first kappa shape index (κ1) is 16.3. The molecule has 3 saturated carbocycles. The highest BCUT2D eigenvalue weighted by Crippen LogP contribution is 2.73. The van der Waals surface area contributed by atoms with Crippen LogP contribution in [0.3, 0.4) is 0 Å². The molecule has 1 heterocycles. The molecule has 4 aliphatic carbocycles. The average Bonchev–Trinajstić information content (AvgIpc) is 3.15. The van der Waals surface area contributed by atoms with E-state index in [1.165, 1.54) is 55.6 Å². The van der Waals surface area contributed by atoms with Gasteiger partial charge in [0.15, 0.2) is 5.78 Å². The highest BCUT2D eigenvalue weighted by molar-refractivity contribution is 8.21. The third kappa shape index (κ3) is 1.95. The van der Waals surface area contributed by atoms with E-state index in [9.17, 15) is 4.79 Å². The van der Waals surface area contributed by atoms with E-state index in [2.05, 4.69) is 37.4 Å². The zero-order valence-electron chi connectivity index (χ0n) is 15.1. The van der Waals surface area contributed by atoms with Gasteiger partial charge in [-0.25, -0.2) is 0 Å². The molecule has 1 spiro atoms. The lowest BCUT2D eigenvalue weighted by Crippen LogP contribution is -2.52. The van der Waals surface area contributed by atoms with Crippen molar-refractivity contribution in [2.75, 3.05) is 11.5 Å². The average molecular weight is 363 g/mol. The number of carbonyl (C=O) groups excluding carboxylic acids is 1. The molecule has 0 amide bonds. The van der Waals surface area contributed by atoms with Gasteiger partial charge in [0.05, 0.1) is 4.08 Å². The minimum atomic E-state index is 0.337. The first-order chi connectivity index (χ1) is 11.5. The van der Waals surface area contributed by atoms with Crippen molar-refractivity contribution < 1.29 is 4.79 Å². The Hall–Kier alpha value is 0.110. The van der Waals surface area contributed by atoms with Crippen molar-refractivity contribution in [1.82, 2.24) is 0 Å². The molecule has 0 N–H and O–H groups in total. The molecule has 5 atom stereocenters. The Bertz CT molecular complexity index is 605. The van der Waals surface area contributed by atoms with Crippen LogP contribution in [-0.2, 0) is 4.79 Å². The fourth-order valence-electron chi connectivity index (χ4n) is 7.44. The van der Waals surface area contributed by atoms with Crippen molar-refractivity contribution in [3.63, 3.8) is 0 Å². The molecule has 0 unspecified atom stereocenters. The molecule has 3 heteroatoms. The van der Waals surface area contributed by atoms with Gasteiger partial charge in [0.2, 0.25) is 0 Å². The number of thioether (sulfide) groups is 2. The van der Waals surface area contributed by atoms with E-state index < -0.39 is 0 Å². The number of hydrogen-bond acceptors (Lipinski definition) is 3. The van der Waals surface area contributed by atoms with Crippen LogP contribution in [0.25, 0.3) is 0 Å². The van der Waals surface area contributed by atoms with Crippen LogP contribution < -0.4 is 0 Å². The van der Waals surface area contributed by atoms with Crippen LogP contribution in [0.5, 0.6) is 0 Å². The summed E-state index contributed by atoms with van der Waals surface area (Å²) < 4.78 is 0.544. The second kappa shape index (κ2) is 5.31. The van der Waals surface area contributed by atoms with Crippen LogP contribution in [0.15, 0.2) is 11.6 Å². The van der Waals surface area contributed by atoms with E-state index in [0.29, 0.717) is 20.7 Å². The Kier molecular flexibility index (Phi) is 3.61. The number of fused-ring (bicyclic) bond motifs is 6. The molecule has 132 valence electrons. The van der Waals surface area contributed by atoms with Crippen LogP contribution >= 0.6 is 23.5 Å². The van der Waals surface area contributed by atoms with Crippen molar-refractivity contribution in [1.29, 1.82) is 0 Å². The molecule has 0 aromatic rings. The monoisotopic (exact) mass is 362 g/mol. The largest absolute Gasteiger partial charge is 0.295 e. The smallest absolute Gasteiger partial charge is 0.155 e. The second-order valence-electron chi connectivity index (χ2n) is 9.41. The van der Waals surface area contributed by atoms with Gasteiger partial charge in [0.25, 0.3) is 0 Å². The molecule has 0 aromatic heterocycles. The lowest BCUT2D eigenvalue weighted by atomic mass is 9.47. The van der Waals surface area contributed by atoms with Gasteiger partial charge in [-0.1, -0.05) is 19.4 Å². The molecule has 4 fully saturated rings. The minimum absolute atomic E-state index is 0.337. The Morgan fingerprint density at radius 1 is 0.958 bits per heavy atom. The van der Waals surface area contributed by atoms with Crippen LogP contribution in [-0.4, -0.2) is 21.4 Å². The molecule has 24 heavy (non-hydrogen) atoms. The van der Waals surface area contributed by atoms with Gasteiger partial charge in [0.1, 0.15) is 0 Å². The SMILES string of the molecule is C[C@]12CCC(=O)C=C1CC[C@@H]1[C@@H]2CC[C@@]2(C)[C@H]1CCC21SCCS1. The Balaban J connectivity index is 1.49. The summed E-state index contributed by atoms with van der Waals surface area (Å²) in [5, 5.41) is 0. The zero-order valence-corrected chi connectivity index (χ0v) is 16.7.